The van der Waals surface area contributed by atoms with Crippen LogP contribution in [0.25, 0.3) is 0 Å². The quantitative estimate of drug-likeness (QED) is 0.898. The molecular formula is C16H20O4. The van der Waals surface area contributed by atoms with Gasteiger partial charge in [0.1, 0.15) is 5.75 Å². The summed E-state index contributed by atoms with van der Waals surface area (Å²) in [5, 5.41) is 9.18. The maximum absolute atomic E-state index is 11.2. The fraction of sp³-hybridized carbons (Fsp3) is 0.562. The summed E-state index contributed by atoms with van der Waals surface area (Å²) >= 11 is 0. The molecule has 0 unspecified atom stereocenters. The largest absolute Gasteiger partial charge is 0.493 e. The van der Waals surface area contributed by atoms with Crippen LogP contribution in [-0.4, -0.2) is 30.9 Å². The zero-order chi connectivity index (χ0) is 13.9. The number of hydrogen-bond donors (Lipinski definition) is 1. The van der Waals surface area contributed by atoms with Gasteiger partial charge in [-0.3, -0.25) is 0 Å². The molecule has 0 spiro atoms. The van der Waals surface area contributed by atoms with Crippen molar-refractivity contribution < 1.29 is 19.4 Å². The van der Waals surface area contributed by atoms with Crippen molar-refractivity contribution in [2.75, 3.05) is 19.8 Å². The van der Waals surface area contributed by atoms with Crippen LogP contribution in [0.4, 0.5) is 0 Å². The number of carbonyl (C=O) groups is 1. The summed E-state index contributed by atoms with van der Waals surface area (Å²) in [5.41, 5.74) is 1.43. The number of hydrogen-bond acceptors (Lipinski definition) is 3. The van der Waals surface area contributed by atoms with Crippen molar-refractivity contribution in [1.82, 2.24) is 0 Å². The summed E-state index contributed by atoms with van der Waals surface area (Å²) in [7, 11) is 0. The number of aromatic carboxylic acids is 1. The molecule has 1 aliphatic heterocycles. The third kappa shape index (κ3) is 3.31. The van der Waals surface area contributed by atoms with Gasteiger partial charge in [0.25, 0.3) is 0 Å². The lowest BCUT2D eigenvalue weighted by Gasteiger charge is -2.22. The molecule has 1 aromatic carbocycles. The second-order valence-corrected chi connectivity index (χ2v) is 5.74. The van der Waals surface area contributed by atoms with Gasteiger partial charge in [-0.15, -0.1) is 0 Å². The van der Waals surface area contributed by atoms with Crippen molar-refractivity contribution in [2.45, 2.75) is 31.6 Å². The van der Waals surface area contributed by atoms with Gasteiger partial charge in [-0.05, 0) is 61.3 Å². The molecule has 0 radical (unpaired) electrons. The highest BCUT2D eigenvalue weighted by molar-refractivity contribution is 5.88. The van der Waals surface area contributed by atoms with Crippen LogP contribution in [0, 0.1) is 5.92 Å². The van der Waals surface area contributed by atoms with Gasteiger partial charge in [-0.25, -0.2) is 4.79 Å². The van der Waals surface area contributed by atoms with E-state index in [2.05, 4.69) is 0 Å². The summed E-state index contributed by atoms with van der Waals surface area (Å²) in [4.78, 5) is 11.2. The van der Waals surface area contributed by atoms with Gasteiger partial charge in [0, 0.05) is 13.2 Å². The normalized spacial score (nSPS) is 19.8. The summed E-state index contributed by atoms with van der Waals surface area (Å²) in [5.74, 6) is 0.850. The summed E-state index contributed by atoms with van der Waals surface area (Å²) in [6.07, 6.45) is 4.35. The fourth-order valence-electron chi connectivity index (χ4n) is 2.61. The lowest BCUT2D eigenvalue weighted by atomic mass is 10.0. The number of rotatable bonds is 5. The van der Waals surface area contributed by atoms with Crippen LogP contribution in [-0.2, 0) is 4.74 Å². The molecule has 20 heavy (non-hydrogen) atoms. The summed E-state index contributed by atoms with van der Waals surface area (Å²) in [6.45, 7) is 2.25. The van der Waals surface area contributed by atoms with Gasteiger partial charge in [0.15, 0.2) is 0 Å². The second kappa shape index (κ2) is 5.83. The van der Waals surface area contributed by atoms with Crippen molar-refractivity contribution in [2.24, 2.45) is 5.92 Å². The topological polar surface area (TPSA) is 55.8 Å². The van der Waals surface area contributed by atoms with Gasteiger partial charge in [-0.2, -0.15) is 0 Å². The Morgan fingerprint density at radius 1 is 1.20 bits per heavy atom. The van der Waals surface area contributed by atoms with E-state index in [4.69, 9.17) is 9.47 Å². The molecule has 1 aliphatic carbocycles. The van der Waals surface area contributed by atoms with Gasteiger partial charge in [-0.1, -0.05) is 0 Å². The van der Waals surface area contributed by atoms with Gasteiger partial charge in [0.2, 0.25) is 0 Å². The fourth-order valence-corrected chi connectivity index (χ4v) is 2.61. The maximum atomic E-state index is 11.2. The highest BCUT2D eigenvalue weighted by Gasteiger charge is 2.25. The van der Waals surface area contributed by atoms with Crippen molar-refractivity contribution in [3.63, 3.8) is 0 Å². The van der Waals surface area contributed by atoms with E-state index in [0.29, 0.717) is 29.8 Å². The van der Waals surface area contributed by atoms with E-state index in [9.17, 15) is 9.90 Å². The molecule has 108 valence electrons. The highest BCUT2D eigenvalue weighted by Crippen LogP contribution is 2.41. The van der Waals surface area contributed by atoms with Crippen molar-refractivity contribution >= 4 is 5.97 Å². The SMILES string of the molecule is O=C(O)c1cc(OCC2CCOCC2)cc(C2CC2)c1. The minimum Gasteiger partial charge on any atom is -0.493 e. The number of ether oxygens (including phenoxy) is 2. The van der Waals surface area contributed by atoms with E-state index in [1.165, 1.54) is 0 Å². The van der Waals surface area contributed by atoms with Crippen molar-refractivity contribution in [1.29, 1.82) is 0 Å². The van der Waals surface area contributed by atoms with Gasteiger partial charge in [0.05, 0.1) is 12.2 Å². The third-order valence-corrected chi connectivity index (χ3v) is 4.05. The third-order valence-electron chi connectivity index (χ3n) is 4.05. The van der Waals surface area contributed by atoms with E-state index in [-0.39, 0.29) is 0 Å². The Morgan fingerprint density at radius 2 is 1.95 bits per heavy atom. The molecule has 2 fully saturated rings. The van der Waals surface area contributed by atoms with Crippen LogP contribution in [0.15, 0.2) is 18.2 Å². The molecule has 3 rings (SSSR count). The van der Waals surface area contributed by atoms with Gasteiger partial charge >= 0.3 is 5.97 Å². The first-order valence-corrected chi connectivity index (χ1v) is 7.31. The van der Waals surface area contributed by atoms with Crippen LogP contribution < -0.4 is 4.74 Å². The molecule has 1 aromatic rings. The minimum atomic E-state index is -0.886. The smallest absolute Gasteiger partial charge is 0.335 e. The van der Waals surface area contributed by atoms with E-state index >= 15 is 0 Å². The van der Waals surface area contributed by atoms with Crippen LogP contribution in [0.2, 0.25) is 0 Å². The van der Waals surface area contributed by atoms with E-state index in [0.717, 1.165) is 44.5 Å². The minimum absolute atomic E-state index is 0.330. The first-order valence-electron chi connectivity index (χ1n) is 7.31. The maximum Gasteiger partial charge on any atom is 0.335 e. The molecule has 0 bridgehead atoms. The van der Waals surface area contributed by atoms with E-state index in [1.54, 1.807) is 12.1 Å². The van der Waals surface area contributed by atoms with Crippen molar-refractivity contribution in [3.8, 4) is 5.75 Å². The Balaban J connectivity index is 1.69. The Labute approximate surface area is 118 Å². The Morgan fingerprint density at radius 3 is 2.60 bits per heavy atom. The summed E-state index contributed by atoms with van der Waals surface area (Å²) < 4.78 is 11.2. The van der Waals surface area contributed by atoms with E-state index < -0.39 is 5.97 Å². The van der Waals surface area contributed by atoms with Crippen LogP contribution in [0.5, 0.6) is 5.75 Å². The predicted octanol–water partition coefficient (Wildman–Crippen LogP) is 3.07. The number of carboxylic acid groups (broad SMARTS) is 1. The Bertz CT molecular complexity index is 487. The molecule has 0 amide bonds. The summed E-state index contributed by atoms with van der Waals surface area (Å²) in [6, 6.07) is 5.41. The first-order chi connectivity index (χ1) is 9.72. The van der Waals surface area contributed by atoms with Crippen LogP contribution in [0.3, 0.4) is 0 Å². The number of benzene rings is 1. The average molecular weight is 276 g/mol. The molecule has 1 N–H and O–H groups in total. The first kappa shape index (κ1) is 13.4. The van der Waals surface area contributed by atoms with Crippen LogP contribution in [0.1, 0.15) is 47.5 Å². The Kier molecular flexibility index (Phi) is 3.92. The predicted molar refractivity (Wildman–Crippen MR) is 74.4 cm³/mol. The standard InChI is InChI=1S/C16H20O4/c17-16(18)14-7-13(12-1-2-12)8-15(9-14)20-10-11-3-5-19-6-4-11/h7-9,11-12H,1-6,10H2,(H,17,18). The molecule has 0 atom stereocenters. The zero-order valence-corrected chi connectivity index (χ0v) is 11.5. The molecule has 4 heteroatoms. The highest BCUT2D eigenvalue weighted by atomic mass is 16.5. The molecule has 1 heterocycles. The second-order valence-electron chi connectivity index (χ2n) is 5.74. The average Bonchev–Trinajstić information content (AvgIpc) is 3.30. The van der Waals surface area contributed by atoms with Crippen LogP contribution >= 0.6 is 0 Å². The molecule has 1 saturated carbocycles. The van der Waals surface area contributed by atoms with Crippen molar-refractivity contribution in [3.05, 3.63) is 29.3 Å². The zero-order valence-electron chi connectivity index (χ0n) is 11.5. The van der Waals surface area contributed by atoms with E-state index in [1.807, 2.05) is 6.07 Å². The molecular weight excluding hydrogens is 256 g/mol. The Hall–Kier alpha value is -1.55. The monoisotopic (exact) mass is 276 g/mol. The lowest BCUT2D eigenvalue weighted by Crippen LogP contribution is -2.21. The number of carboxylic acids is 1. The molecule has 0 aromatic heterocycles. The van der Waals surface area contributed by atoms with Gasteiger partial charge < -0.3 is 14.6 Å². The molecule has 1 saturated heterocycles. The molecule has 4 nitrogen and oxygen atoms in total. The molecule has 2 aliphatic rings. The lowest BCUT2D eigenvalue weighted by molar-refractivity contribution is 0.0497.